The van der Waals surface area contributed by atoms with Crippen molar-refractivity contribution in [3.63, 3.8) is 0 Å². The number of fused-ring (bicyclic) bond motifs is 2. The van der Waals surface area contributed by atoms with Gasteiger partial charge in [-0.05, 0) is 43.9 Å². The van der Waals surface area contributed by atoms with Gasteiger partial charge in [-0.1, -0.05) is 18.2 Å². The van der Waals surface area contributed by atoms with Gasteiger partial charge in [0, 0.05) is 36.4 Å². The Labute approximate surface area is 150 Å². The molecule has 0 unspecified atom stereocenters. The predicted molar refractivity (Wildman–Crippen MR) is 101 cm³/mol. The highest BCUT2D eigenvalue weighted by Gasteiger charge is 2.19. The number of rotatable bonds is 5. The summed E-state index contributed by atoms with van der Waals surface area (Å²) < 4.78 is 5.41. The number of hydrogen-bond acceptors (Lipinski definition) is 4. The second-order valence-electron chi connectivity index (χ2n) is 6.52. The number of hydrogen-bond donors (Lipinski definition) is 1. The fourth-order valence-corrected chi connectivity index (χ4v) is 3.75. The van der Waals surface area contributed by atoms with Crippen LogP contribution in [0.1, 0.15) is 24.1 Å². The van der Waals surface area contributed by atoms with Crippen molar-refractivity contribution in [3.05, 3.63) is 35.5 Å². The van der Waals surface area contributed by atoms with E-state index < -0.39 is 0 Å². The largest absolute Gasteiger partial charge is 0.384 e. The fraction of sp³-hybridized carbons (Fsp3) is 0.526. The third kappa shape index (κ3) is 3.66. The molecule has 1 aliphatic carbocycles. The lowest BCUT2D eigenvalue weighted by Crippen LogP contribution is -2.37. The van der Waals surface area contributed by atoms with Crippen molar-refractivity contribution in [2.45, 2.75) is 25.7 Å². The maximum absolute atomic E-state index is 5.41. The van der Waals surface area contributed by atoms with E-state index in [2.05, 4.69) is 34.5 Å². The van der Waals surface area contributed by atoms with E-state index in [1.165, 1.54) is 41.6 Å². The summed E-state index contributed by atoms with van der Waals surface area (Å²) in [5, 5.41) is 5.01. The Hall–Kier alpha value is -1.36. The highest BCUT2D eigenvalue weighted by Crippen LogP contribution is 2.33. The van der Waals surface area contributed by atoms with Crippen LogP contribution in [0, 0.1) is 0 Å². The molecule has 2 heterocycles. The van der Waals surface area contributed by atoms with E-state index in [1.807, 2.05) is 0 Å². The molecule has 0 atom stereocenters. The van der Waals surface area contributed by atoms with Gasteiger partial charge in [0.25, 0.3) is 0 Å². The van der Waals surface area contributed by atoms with Gasteiger partial charge in [0.2, 0.25) is 0 Å². The van der Waals surface area contributed by atoms with E-state index in [-0.39, 0.29) is 12.4 Å². The molecule has 24 heavy (non-hydrogen) atoms. The summed E-state index contributed by atoms with van der Waals surface area (Å²) in [4.78, 5) is 7.36. The lowest BCUT2D eigenvalue weighted by molar-refractivity contribution is 0.0378. The Morgan fingerprint density at radius 3 is 2.83 bits per heavy atom. The second-order valence-corrected chi connectivity index (χ2v) is 6.52. The van der Waals surface area contributed by atoms with Crippen LogP contribution in [0.15, 0.2) is 24.3 Å². The minimum absolute atomic E-state index is 0. The first-order valence-electron chi connectivity index (χ1n) is 8.86. The van der Waals surface area contributed by atoms with Gasteiger partial charge in [-0.2, -0.15) is 0 Å². The van der Waals surface area contributed by atoms with Gasteiger partial charge in [0.15, 0.2) is 0 Å². The second kappa shape index (κ2) is 8.15. The predicted octanol–water partition coefficient (Wildman–Crippen LogP) is 3.28. The molecule has 0 bridgehead atoms. The molecule has 1 aliphatic heterocycles. The van der Waals surface area contributed by atoms with Crippen molar-refractivity contribution in [3.8, 4) is 0 Å². The van der Waals surface area contributed by atoms with E-state index in [4.69, 9.17) is 9.72 Å². The first kappa shape index (κ1) is 17.5. The van der Waals surface area contributed by atoms with Crippen LogP contribution in [0.5, 0.6) is 0 Å². The number of anilines is 1. The molecule has 4 rings (SSSR count). The van der Waals surface area contributed by atoms with Crippen molar-refractivity contribution in [1.82, 2.24) is 9.88 Å². The Kier molecular flexibility index (Phi) is 5.93. The molecule has 1 fully saturated rings. The molecular formula is C19H26ClN3O. The fourth-order valence-electron chi connectivity index (χ4n) is 3.75. The molecule has 1 aromatic carbocycles. The lowest BCUT2D eigenvalue weighted by Gasteiger charge is -2.26. The molecule has 0 radical (unpaired) electrons. The van der Waals surface area contributed by atoms with E-state index in [1.54, 1.807) is 0 Å². The number of ether oxygens (including phenoxy) is 1. The molecule has 5 heteroatoms. The molecule has 0 amide bonds. The number of halogens is 1. The highest BCUT2D eigenvalue weighted by molar-refractivity contribution is 5.93. The molecule has 2 aliphatic rings. The topological polar surface area (TPSA) is 37.4 Å². The van der Waals surface area contributed by atoms with E-state index in [0.717, 1.165) is 51.3 Å². The summed E-state index contributed by atoms with van der Waals surface area (Å²) in [6.45, 7) is 6.10. The van der Waals surface area contributed by atoms with Gasteiger partial charge in [-0.15, -0.1) is 12.4 Å². The SMILES string of the molecule is Cl.c1ccc2c(NCCCN3CCOCC3)c3c(nc2c1)CCC3. The molecular weight excluding hydrogens is 322 g/mol. The monoisotopic (exact) mass is 347 g/mol. The quantitative estimate of drug-likeness (QED) is 0.842. The Morgan fingerprint density at radius 2 is 1.96 bits per heavy atom. The minimum Gasteiger partial charge on any atom is -0.384 e. The zero-order valence-electron chi connectivity index (χ0n) is 14.1. The summed E-state index contributed by atoms with van der Waals surface area (Å²) in [5.74, 6) is 0. The normalized spacial score (nSPS) is 17.5. The van der Waals surface area contributed by atoms with Crippen LogP contribution in [0.4, 0.5) is 5.69 Å². The van der Waals surface area contributed by atoms with E-state index in [0.29, 0.717) is 0 Å². The highest BCUT2D eigenvalue weighted by atomic mass is 35.5. The first-order valence-corrected chi connectivity index (χ1v) is 8.86. The molecule has 2 aromatic rings. The summed E-state index contributed by atoms with van der Waals surface area (Å²) in [5.41, 5.74) is 5.23. The molecule has 130 valence electrons. The van der Waals surface area contributed by atoms with Crippen molar-refractivity contribution < 1.29 is 4.74 Å². The van der Waals surface area contributed by atoms with Crippen LogP contribution in [0.25, 0.3) is 10.9 Å². The van der Waals surface area contributed by atoms with Crippen molar-refractivity contribution in [1.29, 1.82) is 0 Å². The zero-order chi connectivity index (χ0) is 15.5. The standard InChI is InChI=1S/C19H25N3O.ClH/c1-2-7-17-15(5-1)19(16-6-3-8-18(16)21-17)20-9-4-10-22-11-13-23-14-12-22;/h1-2,5,7H,3-4,6,8-14H2,(H,20,21);1H. The maximum atomic E-state index is 5.41. The van der Waals surface area contributed by atoms with E-state index >= 15 is 0 Å². The van der Waals surface area contributed by atoms with Gasteiger partial charge in [0.1, 0.15) is 0 Å². The summed E-state index contributed by atoms with van der Waals surface area (Å²) in [6, 6.07) is 8.53. The number of para-hydroxylation sites is 1. The average molecular weight is 348 g/mol. The first-order chi connectivity index (χ1) is 11.4. The lowest BCUT2D eigenvalue weighted by atomic mass is 10.1. The van der Waals surface area contributed by atoms with Gasteiger partial charge < -0.3 is 10.1 Å². The van der Waals surface area contributed by atoms with Gasteiger partial charge >= 0.3 is 0 Å². The number of morpholine rings is 1. The number of nitrogens with zero attached hydrogens (tertiary/aromatic N) is 2. The summed E-state index contributed by atoms with van der Waals surface area (Å²) in [6.07, 6.45) is 4.70. The number of nitrogens with one attached hydrogen (secondary N) is 1. The molecule has 4 nitrogen and oxygen atoms in total. The van der Waals surface area contributed by atoms with Crippen LogP contribution >= 0.6 is 12.4 Å². The molecule has 0 spiro atoms. The zero-order valence-corrected chi connectivity index (χ0v) is 14.9. The van der Waals surface area contributed by atoms with Crippen LogP contribution in [0.3, 0.4) is 0 Å². The molecule has 0 saturated carbocycles. The third-order valence-electron chi connectivity index (χ3n) is 4.98. The maximum Gasteiger partial charge on any atom is 0.0726 e. The van der Waals surface area contributed by atoms with Crippen LogP contribution in [0.2, 0.25) is 0 Å². The Bertz CT molecular complexity index is 686. The number of aromatic nitrogens is 1. The van der Waals surface area contributed by atoms with Crippen LogP contribution in [-0.4, -0.2) is 49.3 Å². The molecule has 1 N–H and O–H groups in total. The average Bonchev–Trinajstić information content (AvgIpc) is 3.07. The number of benzene rings is 1. The van der Waals surface area contributed by atoms with E-state index in [9.17, 15) is 0 Å². The number of pyridine rings is 1. The van der Waals surface area contributed by atoms with Crippen LogP contribution < -0.4 is 5.32 Å². The third-order valence-corrected chi connectivity index (χ3v) is 4.98. The van der Waals surface area contributed by atoms with Crippen molar-refractivity contribution in [2.24, 2.45) is 0 Å². The van der Waals surface area contributed by atoms with Gasteiger partial charge in [-0.3, -0.25) is 9.88 Å². The Morgan fingerprint density at radius 1 is 1.12 bits per heavy atom. The van der Waals surface area contributed by atoms with Gasteiger partial charge in [-0.25, -0.2) is 0 Å². The van der Waals surface area contributed by atoms with Gasteiger partial charge in [0.05, 0.1) is 18.7 Å². The molecule has 1 saturated heterocycles. The minimum atomic E-state index is 0. The van der Waals surface area contributed by atoms with Crippen molar-refractivity contribution in [2.75, 3.05) is 44.7 Å². The summed E-state index contributed by atoms with van der Waals surface area (Å²) >= 11 is 0. The number of aryl methyl sites for hydroxylation is 1. The van der Waals surface area contributed by atoms with Crippen molar-refractivity contribution >= 4 is 29.0 Å². The smallest absolute Gasteiger partial charge is 0.0726 e. The van der Waals surface area contributed by atoms with Crippen LogP contribution in [-0.2, 0) is 17.6 Å². The Balaban J connectivity index is 0.00000169. The molecule has 1 aromatic heterocycles. The summed E-state index contributed by atoms with van der Waals surface area (Å²) in [7, 11) is 0.